The standard InChI is InChI=1S/C16H15F3N2O5/c17-16(18,19)26-12-3-1-10(2-4-12)13(22)7-20-14(23)8-21-15(24)11-5-6-25-9-11/h1-6,9,13,22H,7-8H2,(H,20,23)(H,21,24)/t13-/m0/s1. The van der Waals surface area contributed by atoms with Gasteiger partial charge in [0.05, 0.1) is 24.5 Å². The maximum atomic E-state index is 12.1. The van der Waals surface area contributed by atoms with Gasteiger partial charge in [0.2, 0.25) is 5.91 Å². The van der Waals surface area contributed by atoms with E-state index in [1.54, 1.807) is 0 Å². The van der Waals surface area contributed by atoms with E-state index >= 15 is 0 Å². The number of furan rings is 1. The smallest absolute Gasteiger partial charge is 0.472 e. The fraction of sp³-hybridized carbons (Fsp3) is 0.250. The van der Waals surface area contributed by atoms with Crippen molar-refractivity contribution in [2.45, 2.75) is 12.5 Å². The summed E-state index contributed by atoms with van der Waals surface area (Å²) in [5.74, 6) is -1.45. The highest BCUT2D eigenvalue weighted by atomic mass is 19.4. The fourth-order valence-electron chi connectivity index (χ4n) is 1.94. The van der Waals surface area contributed by atoms with E-state index in [9.17, 15) is 27.9 Å². The number of alkyl halides is 3. The van der Waals surface area contributed by atoms with E-state index in [0.29, 0.717) is 5.56 Å². The van der Waals surface area contributed by atoms with Crippen molar-refractivity contribution in [3.05, 3.63) is 54.0 Å². The Morgan fingerprint density at radius 2 is 1.85 bits per heavy atom. The summed E-state index contributed by atoms with van der Waals surface area (Å²) in [7, 11) is 0. The second kappa shape index (κ2) is 8.39. The van der Waals surface area contributed by atoms with Crippen molar-refractivity contribution in [1.82, 2.24) is 10.6 Å². The lowest BCUT2D eigenvalue weighted by Crippen LogP contribution is -2.38. The van der Waals surface area contributed by atoms with Crippen LogP contribution in [-0.4, -0.2) is 36.4 Å². The third-order valence-corrected chi connectivity index (χ3v) is 3.18. The normalized spacial score (nSPS) is 12.3. The minimum atomic E-state index is -4.80. The van der Waals surface area contributed by atoms with Crippen LogP contribution in [-0.2, 0) is 4.79 Å². The first-order chi connectivity index (χ1) is 12.2. The molecule has 2 amide bonds. The molecular formula is C16H15F3N2O5. The number of rotatable bonds is 7. The molecule has 1 heterocycles. The molecule has 26 heavy (non-hydrogen) atoms. The second-order valence-electron chi connectivity index (χ2n) is 5.13. The van der Waals surface area contributed by atoms with Gasteiger partial charge < -0.3 is 24.9 Å². The van der Waals surface area contributed by atoms with Gasteiger partial charge in [0.1, 0.15) is 12.0 Å². The molecule has 0 aliphatic carbocycles. The van der Waals surface area contributed by atoms with Gasteiger partial charge in [0, 0.05) is 6.54 Å². The maximum absolute atomic E-state index is 12.1. The molecule has 10 heteroatoms. The summed E-state index contributed by atoms with van der Waals surface area (Å²) in [5.41, 5.74) is 0.557. The van der Waals surface area contributed by atoms with Crippen LogP contribution in [0.15, 0.2) is 47.3 Å². The molecule has 2 aromatic rings. The molecule has 1 atom stereocenters. The summed E-state index contributed by atoms with van der Waals surface area (Å²) in [6.45, 7) is -0.491. The molecule has 1 aromatic carbocycles. The van der Waals surface area contributed by atoms with Crippen LogP contribution in [0.1, 0.15) is 22.0 Å². The van der Waals surface area contributed by atoms with Gasteiger partial charge in [-0.3, -0.25) is 9.59 Å². The Bertz CT molecular complexity index is 729. The molecular weight excluding hydrogens is 357 g/mol. The first-order valence-corrected chi connectivity index (χ1v) is 7.35. The average molecular weight is 372 g/mol. The number of hydrogen-bond donors (Lipinski definition) is 3. The van der Waals surface area contributed by atoms with Crippen LogP contribution in [0.2, 0.25) is 0 Å². The number of ether oxygens (including phenoxy) is 1. The van der Waals surface area contributed by atoms with Crippen molar-refractivity contribution in [2.75, 3.05) is 13.1 Å². The highest BCUT2D eigenvalue weighted by Gasteiger charge is 2.31. The molecule has 0 radical (unpaired) electrons. The van der Waals surface area contributed by atoms with Crippen LogP contribution < -0.4 is 15.4 Å². The molecule has 0 saturated heterocycles. The molecule has 3 N–H and O–H groups in total. The SMILES string of the molecule is O=C(CNC(=O)c1ccoc1)NC[C@H](O)c1ccc(OC(F)(F)F)cc1. The molecule has 7 nitrogen and oxygen atoms in total. The maximum Gasteiger partial charge on any atom is 0.573 e. The van der Waals surface area contributed by atoms with E-state index in [1.807, 2.05) is 0 Å². The Kier molecular flexibility index (Phi) is 6.23. The quantitative estimate of drug-likeness (QED) is 0.688. The monoisotopic (exact) mass is 372 g/mol. The van der Waals surface area contributed by atoms with E-state index in [2.05, 4.69) is 15.4 Å². The number of halogens is 3. The third-order valence-electron chi connectivity index (χ3n) is 3.18. The van der Waals surface area contributed by atoms with E-state index in [4.69, 9.17) is 4.42 Å². The topological polar surface area (TPSA) is 101 Å². The van der Waals surface area contributed by atoms with Crippen LogP contribution in [0.25, 0.3) is 0 Å². The van der Waals surface area contributed by atoms with Gasteiger partial charge in [-0.1, -0.05) is 12.1 Å². The van der Waals surface area contributed by atoms with Gasteiger partial charge in [0.25, 0.3) is 5.91 Å². The Morgan fingerprint density at radius 3 is 2.42 bits per heavy atom. The molecule has 0 aliphatic rings. The minimum Gasteiger partial charge on any atom is -0.472 e. The van der Waals surface area contributed by atoms with Gasteiger partial charge in [-0.25, -0.2) is 0 Å². The molecule has 0 spiro atoms. The average Bonchev–Trinajstić information content (AvgIpc) is 3.11. The van der Waals surface area contributed by atoms with Crippen molar-refractivity contribution in [3.8, 4) is 5.75 Å². The first kappa shape index (κ1) is 19.3. The van der Waals surface area contributed by atoms with Crippen molar-refractivity contribution in [1.29, 1.82) is 0 Å². The van der Waals surface area contributed by atoms with Gasteiger partial charge >= 0.3 is 6.36 Å². The summed E-state index contributed by atoms with van der Waals surface area (Å²) in [4.78, 5) is 23.3. The summed E-state index contributed by atoms with van der Waals surface area (Å²) < 4.78 is 44.7. The number of aliphatic hydroxyl groups excluding tert-OH is 1. The zero-order valence-electron chi connectivity index (χ0n) is 13.2. The van der Waals surface area contributed by atoms with E-state index in [-0.39, 0.29) is 18.7 Å². The lowest BCUT2D eigenvalue weighted by Gasteiger charge is -2.14. The molecule has 0 fully saturated rings. The van der Waals surface area contributed by atoms with E-state index < -0.39 is 30.0 Å². The van der Waals surface area contributed by atoms with Gasteiger partial charge in [0.15, 0.2) is 0 Å². The number of carbonyl (C=O) groups excluding carboxylic acids is 2. The Morgan fingerprint density at radius 1 is 1.15 bits per heavy atom. The summed E-state index contributed by atoms with van der Waals surface area (Å²) in [5, 5.41) is 14.7. The van der Waals surface area contributed by atoms with Gasteiger partial charge in [-0.05, 0) is 23.8 Å². The summed E-state index contributed by atoms with van der Waals surface area (Å²) >= 11 is 0. The lowest BCUT2D eigenvalue weighted by atomic mass is 10.1. The molecule has 0 aliphatic heterocycles. The predicted octanol–water partition coefficient (Wildman–Crippen LogP) is 1.76. The highest BCUT2D eigenvalue weighted by molar-refractivity contribution is 5.96. The van der Waals surface area contributed by atoms with Crippen LogP contribution in [0.5, 0.6) is 5.75 Å². The van der Waals surface area contributed by atoms with Crippen LogP contribution in [0, 0.1) is 0 Å². The van der Waals surface area contributed by atoms with Crippen LogP contribution >= 0.6 is 0 Å². The zero-order chi connectivity index (χ0) is 19.2. The van der Waals surface area contributed by atoms with Crippen LogP contribution in [0.3, 0.4) is 0 Å². The van der Waals surface area contributed by atoms with E-state index in [1.165, 1.54) is 30.7 Å². The Labute approximate surface area is 145 Å². The largest absolute Gasteiger partial charge is 0.573 e. The summed E-state index contributed by atoms with van der Waals surface area (Å²) in [6, 6.07) is 6.04. The van der Waals surface area contributed by atoms with E-state index in [0.717, 1.165) is 12.1 Å². The van der Waals surface area contributed by atoms with Crippen molar-refractivity contribution < 1.29 is 37.0 Å². The molecule has 0 saturated carbocycles. The third kappa shape index (κ3) is 6.13. The number of nitrogens with one attached hydrogen (secondary N) is 2. The minimum absolute atomic E-state index is 0.181. The first-order valence-electron chi connectivity index (χ1n) is 7.35. The molecule has 140 valence electrons. The number of benzene rings is 1. The molecule has 1 aromatic heterocycles. The number of aliphatic hydroxyl groups is 1. The number of amides is 2. The fourth-order valence-corrected chi connectivity index (χ4v) is 1.94. The molecule has 0 unspecified atom stereocenters. The number of carbonyl (C=O) groups is 2. The lowest BCUT2D eigenvalue weighted by molar-refractivity contribution is -0.274. The molecule has 2 rings (SSSR count). The molecule has 0 bridgehead atoms. The Balaban J connectivity index is 1.76. The highest BCUT2D eigenvalue weighted by Crippen LogP contribution is 2.24. The zero-order valence-corrected chi connectivity index (χ0v) is 13.2. The predicted molar refractivity (Wildman–Crippen MR) is 82.1 cm³/mol. The van der Waals surface area contributed by atoms with Crippen molar-refractivity contribution in [2.24, 2.45) is 0 Å². The van der Waals surface area contributed by atoms with Crippen LogP contribution in [0.4, 0.5) is 13.2 Å². The second-order valence-corrected chi connectivity index (χ2v) is 5.13. The summed E-state index contributed by atoms with van der Waals surface area (Å²) in [6.07, 6.45) is -3.39. The number of hydrogen-bond acceptors (Lipinski definition) is 5. The van der Waals surface area contributed by atoms with Gasteiger partial charge in [-0.2, -0.15) is 0 Å². The van der Waals surface area contributed by atoms with Crippen molar-refractivity contribution >= 4 is 11.8 Å². The van der Waals surface area contributed by atoms with Crippen molar-refractivity contribution in [3.63, 3.8) is 0 Å². The Hall–Kier alpha value is -3.01. The van der Waals surface area contributed by atoms with Gasteiger partial charge in [-0.15, -0.1) is 13.2 Å².